The molecule has 0 aliphatic carbocycles. The van der Waals surface area contributed by atoms with Gasteiger partial charge in [-0.1, -0.05) is 76.8 Å². The predicted molar refractivity (Wildman–Crippen MR) is 124 cm³/mol. The van der Waals surface area contributed by atoms with E-state index < -0.39 is 0 Å². The molecule has 0 spiro atoms. The molecule has 2 heteroatoms. The van der Waals surface area contributed by atoms with Crippen LogP contribution in [-0.2, 0) is 19.3 Å². The highest BCUT2D eigenvalue weighted by molar-refractivity contribution is 6.17. The van der Waals surface area contributed by atoms with Crippen molar-refractivity contribution in [2.24, 2.45) is 0 Å². The number of rotatable bonds is 13. The second-order valence-corrected chi connectivity index (χ2v) is 7.84. The Morgan fingerprint density at radius 3 is 1.71 bits per heavy atom. The molecule has 0 aromatic heterocycles. The zero-order valence-electron chi connectivity index (χ0n) is 18.0. The molecular weight excluding hydrogens is 364 g/mol. The van der Waals surface area contributed by atoms with Crippen molar-refractivity contribution in [1.82, 2.24) is 0 Å². The highest BCUT2D eigenvalue weighted by Gasteiger charge is 2.17. The first-order valence-electron chi connectivity index (χ1n) is 11.2. The highest BCUT2D eigenvalue weighted by atomic mass is 35.5. The second-order valence-electron chi connectivity index (χ2n) is 7.46. The summed E-state index contributed by atoms with van der Waals surface area (Å²) < 4.78 is 6.34. The van der Waals surface area contributed by atoms with Gasteiger partial charge >= 0.3 is 0 Å². The molecular formula is C26H37ClO. The van der Waals surface area contributed by atoms with Gasteiger partial charge in [0.15, 0.2) is 0 Å². The van der Waals surface area contributed by atoms with Gasteiger partial charge in [0, 0.05) is 11.4 Å². The maximum absolute atomic E-state index is 6.34. The molecule has 0 bridgehead atoms. The van der Waals surface area contributed by atoms with Crippen LogP contribution in [0.15, 0.2) is 36.4 Å². The van der Waals surface area contributed by atoms with Gasteiger partial charge in [-0.25, -0.2) is 0 Å². The van der Waals surface area contributed by atoms with Gasteiger partial charge < -0.3 is 4.74 Å². The van der Waals surface area contributed by atoms with E-state index >= 15 is 0 Å². The Morgan fingerprint density at radius 1 is 0.643 bits per heavy atom. The molecule has 2 aromatic carbocycles. The lowest BCUT2D eigenvalue weighted by Gasteiger charge is -2.20. The summed E-state index contributed by atoms with van der Waals surface area (Å²) in [5.41, 5.74) is 6.95. The number of aryl methyl sites for hydroxylation is 3. The Morgan fingerprint density at radius 2 is 1.14 bits per heavy atom. The Bertz CT molecular complexity index is 685. The minimum atomic E-state index is 0.790. The third-order valence-electron chi connectivity index (χ3n) is 5.53. The van der Waals surface area contributed by atoms with Crippen molar-refractivity contribution in [2.45, 2.75) is 78.6 Å². The minimum Gasteiger partial charge on any atom is -0.493 e. The van der Waals surface area contributed by atoms with Crippen molar-refractivity contribution < 1.29 is 4.74 Å². The Kier molecular flexibility index (Phi) is 10.5. The van der Waals surface area contributed by atoms with Crippen LogP contribution in [0, 0.1) is 0 Å². The van der Waals surface area contributed by atoms with Crippen molar-refractivity contribution in [2.75, 3.05) is 12.5 Å². The van der Waals surface area contributed by atoms with Crippen LogP contribution in [-0.4, -0.2) is 12.5 Å². The van der Waals surface area contributed by atoms with Crippen molar-refractivity contribution in [3.05, 3.63) is 53.1 Å². The number of alkyl halides is 1. The molecule has 2 aromatic rings. The number of hydrogen-bond donors (Lipinski definition) is 0. The summed E-state index contributed by atoms with van der Waals surface area (Å²) in [7, 11) is 0. The molecule has 0 heterocycles. The zero-order chi connectivity index (χ0) is 20.2. The lowest BCUT2D eigenvalue weighted by atomic mass is 9.88. The summed E-state index contributed by atoms with van der Waals surface area (Å²) in [4.78, 5) is 0. The molecule has 0 amide bonds. The van der Waals surface area contributed by atoms with E-state index in [1.54, 1.807) is 0 Å². The molecule has 0 atom stereocenters. The molecule has 0 saturated carbocycles. The molecule has 0 aliphatic heterocycles. The van der Waals surface area contributed by atoms with E-state index in [9.17, 15) is 0 Å². The van der Waals surface area contributed by atoms with Gasteiger partial charge in [0.25, 0.3) is 0 Å². The number of hydrogen-bond acceptors (Lipinski definition) is 1. The lowest BCUT2D eigenvalue weighted by Crippen LogP contribution is -2.03. The number of unbranched alkanes of at least 4 members (excludes halogenated alkanes) is 5. The van der Waals surface area contributed by atoms with Gasteiger partial charge in [0.1, 0.15) is 5.75 Å². The van der Waals surface area contributed by atoms with Crippen LogP contribution in [0.25, 0.3) is 11.1 Å². The van der Waals surface area contributed by atoms with Gasteiger partial charge in [-0.05, 0) is 60.4 Å². The van der Waals surface area contributed by atoms with E-state index in [1.807, 2.05) is 0 Å². The van der Waals surface area contributed by atoms with Gasteiger partial charge in [-0.15, -0.1) is 11.6 Å². The molecule has 0 aliphatic rings. The highest BCUT2D eigenvalue weighted by Crippen LogP contribution is 2.39. The molecule has 0 radical (unpaired) electrons. The second kappa shape index (κ2) is 12.9. The molecule has 0 fully saturated rings. The number of benzene rings is 2. The van der Waals surface area contributed by atoms with Crippen LogP contribution in [0.5, 0.6) is 5.75 Å². The molecule has 154 valence electrons. The number of halogens is 1. The van der Waals surface area contributed by atoms with Gasteiger partial charge in [0.05, 0.1) is 6.61 Å². The van der Waals surface area contributed by atoms with Gasteiger partial charge in [-0.3, -0.25) is 0 Å². The first kappa shape index (κ1) is 22.8. The van der Waals surface area contributed by atoms with Crippen LogP contribution in [0.2, 0.25) is 0 Å². The van der Waals surface area contributed by atoms with Crippen LogP contribution >= 0.6 is 11.6 Å². The Hall–Kier alpha value is -1.47. The maximum Gasteiger partial charge on any atom is 0.127 e. The predicted octanol–water partition coefficient (Wildman–Crippen LogP) is 8.00. The van der Waals surface area contributed by atoms with E-state index in [2.05, 4.69) is 57.2 Å². The molecule has 1 nitrogen and oxygen atoms in total. The fourth-order valence-corrected chi connectivity index (χ4v) is 4.11. The summed E-state index contributed by atoms with van der Waals surface area (Å²) in [6, 6.07) is 13.3. The van der Waals surface area contributed by atoms with Crippen LogP contribution in [0.3, 0.4) is 0 Å². The average molecular weight is 401 g/mol. The molecule has 0 saturated heterocycles. The van der Waals surface area contributed by atoms with Gasteiger partial charge in [-0.2, -0.15) is 0 Å². The summed E-state index contributed by atoms with van der Waals surface area (Å²) in [6.07, 6.45) is 10.4. The molecule has 28 heavy (non-hydrogen) atoms. The fourth-order valence-electron chi connectivity index (χ4n) is 3.92. The van der Waals surface area contributed by atoms with Crippen LogP contribution < -0.4 is 4.74 Å². The largest absolute Gasteiger partial charge is 0.493 e. The van der Waals surface area contributed by atoms with E-state index in [1.165, 1.54) is 53.5 Å². The maximum atomic E-state index is 6.34. The van der Waals surface area contributed by atoms with Crippen molar-refractivity contribution >= 4 is 11.6 Å². The average Bonchev–Trinajstić information content (AvgIpc) is 2.74. The fraction of sp³-hybridized carbons (Fsp3) is 0.538. The molecule has 0 N–H and O–H groups in total. The summed E-state index contributed by atoms with van der Waals surface area (Å²) in [6.45, 7) is 7.53. The number of ether oxygens (including phenoxy) is 1. The quantitative estimate of drug-likeness (QED) is 0.244. The molecule has 2 rings (SSSR count). The van der Waals surface area contributed by atoms with Gasteiger partial charge in [0.2, 0.25) is 0 Å². The van der Waals surface area contributed by atoms with E-state index in [4.69, 9.17) is 16.3 Å². The van der Waals surface area contributed by atoms with E-state index in [0.717, 1.165) is 50.3 Å². The van der Waals surface area contributed by atoms with Crippen LogP contribution in [0.4, 0.5) is 0 Å². The first-order valence-corrected chi connectivity index (χ1v) is 11.7. The zero-order valence-corrected chi connectivity index (χ0v) is 18.8. The molecule has 0 unspecified atom stereocenters. The monoisotopic (exact) mass is 400 g/mol. The van der Waals surface area contributed by atoms with E-state index in [0.29, 0.717) is 0 Å². The van der Waals surface area contributed by atoms with Crippen molar-refractivity contribution in [3.8, 4) is 16.9 Å². The summed E-state index contributed by atoms with van der Waals surface area (Å²) in [5, 5.41) is 0. The standard InChI is InChI=1S/C26H37ClO/c1-4-21-15-13-16-22(5-2)25(21)26-23(6-3)17-14-18-24(26)28-20-12-10-8-7-9-11-19-27/h13-18H,4-12,19-20H2,1-3H3. The summed E-state index contributed by atoms with van der Waals surface area (Å²) in [5.74, 6) is 1.84. The normalized spacial score (nSPS) is 11.0. The smallest absolute Gasteiger partial charge is 0.127 e. The first-order chi connectivity index (χ1) is 13.8. The van der Waals surface area contributed by atoms with Crippen LogP contribution in [0.1, 0.15) is 76.0 Å². The lowest BCUT2D eigenvalue weighted by molar-refractivity contribution is 0.305. The topological polar surface area (TPSA) is 9.23 Å². The summed E-state index contributed by atoms with van der Waals surface area (Å²) >= 11 is 5.75. The SMILES string of the molecule is CCc1cccc(CC)c1-c1c(CC)cccc1OCCCCCCCCCl. The van der Waals surface area contributed by atoms with E-state index in [-0.39, 0.29) is 0 Å². The Labute approximate surface area is 177 Å². The Balaban J connectivity index is 2.16. The van der Waals surface area contributed by atoms with Crippen molar-refractivity contribution in [3.63, 3.8) is 0 Å². The third kappa shape index (κ3) is 6.27. The third-order valence-corrected chi connectivity index (χ3v) is 5.80. The van der Waals surface area contributed by atoms with Crippen molar-refractivity contribution in [1.29, 1.82) is 0 Å². The minimum absolute atomic E-state index is 0.790.